The van der Waals surface area contributed by atoms with Gasteiger partial charge in [-0.1, -0.05) is 229 Å². The average molecular weight is 1150 g/mol. The molecule has 0 saturated heterocycles. The molecule has 90 heavy (non-hydrogen) atoms. The molecule has 0 amide bonds. The Bertz CT molecular complexity index is 5590. The minimum absolute atomic E-state index is 0.0264. The van der Waals surface area contributed by atoms with Crippen molar-refractivity contribution in [3.8, 4) is 66.8 Å². The molecule has 0 atom stereocenters. The second kappa shape index (κ2) is 17.3. The lowest BCUT2D eigenvalue weighted by Crippen LogP contribution is -2.27. The fraction of sp³-hybridized carbons (Fsp3) is 0.103. The number of para-hydroxylation sites is 2. The number of hydrogen-bond donors (Lipinski definition) is 0. The van der Waals surface area contributed by atoms with E-state index in [9.17, 15) is 0 Å². The number of rotatable bonds is 4. The van der Waals surface area contributed by atoms with E-state index in [0.717, 1.165) is 61.3 Å². The van der Waals surface area contributed by atoms with Crippen LogP contribution in [0.2, 0.25) is 0 Å². The number of fused-ring (bicyclic) bond motifs is 31. The van der Waals surface area contributed by atoms with Crippen molar-refractivity contribution < 1.29 is 8.83 Å². The third kappa shape index (κ3) is 6.15. The molecule has 13 aromatic carbocycles. The van der Waals surface area contributed by atoms with Crippen LogP contribution in [0.25, 0.3) is 111 Å². The largest absolute Gasteiger partial charge is 0.456 e. The summed E-state index contributed by atoms with van der Waals surface area (Å²) in [5, 5.41) is 4.64. The lowest BCUT2D eigenvalue weighted by Gasteiger charge is -2.33. The van der Waals surface area contributed by atoms with E-state index in [1.807, 2.05) is 0 Å². The summed E-state index contributed by atoms with van der Waals surface area (Å²) < 4.78 is 13.7. The van der Waals surface area contributed by atoms with Crippen LogP contribution in [0.3, 0.4) is 0 Å². The molecular weight excluding hydrogens is 1090 g/mol. The minimum Gasteiger partial charge on any atom is -0.456 e. The molecule has 424 valence electrons. The first-order valence-electron chi connectivity index (χ1n) is 31.8. The van der Waals surface area contributed by atoms with Crippen LogP contribution >= 0.6 is 0 Å². The lowest BCUT2D eigenvalue weighted by atomic mass is 9.68. The van der Waals surface area contributed by atoms with E-state index in [1.165, 1.54) is 128 Å². The molecule has 0 N–H and O–H groups in total. The molecule has 20 rings (SSSR count). The third-order valence-electron chi connectivity index (χ3n) is 21.6. The Kier molecular flexibility index (Phi) is 9.67. The Morgan fingerprint density at radius 3 is 1.38 bits per heavy atom. The molecule has 2 heterocycles. The summed E-state index contributed by atoms with van der Waals surface area (Å²) in [6.07, 6.45) is 0. The molecule has 5 aliphatic carbocycles. The molecule has 0 radical (unpaired) electrons. The zero-order valence-corrected chi connectivity index (χ0v) is 50.7. The second-order valence-electron chi connectivity index (χ2n) is 27.3. The van der Waals surface area contributed by atoms with Gasteiger partial charge in [-0.25, -0.2) is 0 Å². The molecule has 3 nitrogen and oxygen atoms in total. The van der Waals surface area contributed by atoms with E-state index in [4.69, 9.17) is 8.83 Å². The van der Waals surface area contributed by atoms with Gasteiger partial charge in [0.15, 0.2) is 0 Å². The van der Waals surface area contributed by atoms with Crippen molar-refractivity contribution >= 4 is 60.9 Å². The summed E-state index contributed by atoms with van der Waals surface area (Å²) in [6, 6.07) is 101. The van der Waals surface area contributed by atoms with Gasteiger partial charge in [-0.2, -0.15) is 0 Å². The average Bonchev–Trinajstić information content (AvgIpc) is 1.49. The van der Waals surface area contributed by atoms with Gasteiger partial charge >= 0.3 is 0 Å². The fourth-order valence-electron chi connectivity index (χ4n) is 17.8. The normalized spacial score (nSPS) is 15.0. The Morgan fingerprint density at radius 2 is 0.756 bits per heavy atom. The maximum Gasteiger partial charge on any atom is 0.143 e. The fourth-order valence-corrected chi connectivity index (χ4v) is 17.8. The van der Waals surface area contributed by atoms with Crippen LogP contribution in [-0.4, -0.2) is 0 Å². The van der Waals surface area contributed by atoms with Crippen LogP contribution in [0, 0.1) is 0 Å². The molecule has 0 fully saturated rings. The summed E-state index contributed by atoms with van der Waals surface area (Å²) in [5.74, 6) is 0. The SMILES string of the molecule is CC(C)(C)c1ccc(N(c2ccc3c(c2)C(C)(C)c2cc(-c4ccccc4)c4oc5ccccc5c4c2-3)c2ccc3c(c2)C2(c4ccccc4-c4ccccc42)c2cc4c(cc2-3)C2(c3ccccc3-c3ccccc32)c2ccc3oc5ccccc5c3c2-4)cc1. The van der Waals surface area contributed by atoms with Gasteiger partial charge in [0.2, 0.25) is 0 Å². The predicted octanol–water partition coefficient (Wildman–Crippen LogP) is 22.9. The zero-order chi connectivity index (χ0) is 59.7. The van der Waals surface area contributed by atoms with E-state index in [2.05, 4.69) is 306 Å². The van der Waals surface area contributed by atoms with Gasteiger partial charge < -0.3 is 13.7 Å². The third-order valence-corrected chi connectivity index (χ3v) is 21.6. The first kappa shape index (κ1) is 50.3. The van der Waals surface area contributed by atoms with Crippen LogP contribution in [0.15, 0.2) is 276 Å². The molecule has 0 bridgehead atoms. The van der Waals surface area contributed by atoms with Crippen LogP contribution in [0.1, 0.15) is 95.8 Å². The Labute approximate surface area is 522 Å². The molecule has 0 unspecified atom stereocenters. The molecular formula is C87H59NO2. The molecule has 2 spiro atoms. The van der Waals surface area contributed by atoms with Crippen molar-refractivity contribution in [1.29, 1.82) is 0 Å². The second-order valence-corrected chi connectivity index (χ2v) is 27.3. The van der Waals surface area contributed by atoms with Crippen molar-refractivity contribution in [3.63, 3.8) is 0 Å². The summed E-state index contributed by atoms with van der Waals surface area (Å²) >= 11 is 0. The maximum absolute atomic E-state index is 6.91. The van der Waals surface area contributed by atoms with Gasteiger partial charge in [0, 0.05) is 49.6 Å². The van der Waals surface area contributed by atoms with Crippen molar-refractivity contribution in [2.45, 2.75) is 56.3 Å². The zero-order valence-electron chi connectivity index (χ0n) is 50.7. The smallest absolute Gasteiger partial charge is 0.143 e. The lowest BCUT2D eigenvalue weighted by molar-refractivity contribution is 0.590. The highest BCUT2D eigenvalue weighted by atomic mass is 16.3. The Balaban J connectivity index is 0.857. The van der Waals surface area contributed by atoms with Crippen LogP contribution in [0.4, 0.5) is 17.1 Å². The van der Waals surface area contributed by atoms with Crippen molar-refractivity contribution in [2.75, 3.05) is 4.90 Å². The molecule has 3 heteroatoms. The molecule has 2 aromatic heterocycles. The van der Waals surface area contributed by atoms with Gasteiger partial charge in [0.25, 0.3) is 0 Å². The first-order valence-corrected chi connectivity index (χ1v) is 31.8. The van der Waals surface area contributed by atoms with Crippen molar-refractivity contribution in [1.82, 2.24) is 0 Å². The van der Waals surface area contributed by atoms with Gasteiger partial charge in [-0.05, 0) is 201 Å². The maximum atomic E-state index is 6.91. The first-order chi connectivity index (χ1) is 44.0. The van der Waals surface area contributed by atoms with E-state index in [1.54, 1.807) is 0 Å². The molecule has 5 aliphatic rings. The van der Waals surface area contributed by atoms with Crippen molar-refractivity contribution in [2.24, 2.45) is 0 Å². The number of nitrogens with zero attached hydrogens (tertiary/aromatic N) is 1. The number of anilines is 3. The van der Waals surface area contributed by atoms with Gasteiger partial charge in [0.1, 0.15) is 22.3 Å². The van der Waals surface area contributed by atoms with Crippen molar-refractivity contribution in [3.05, 3.63) is 328 Å². The highest BCUT2D eigenvalue weighted by molar-refractivity contribution is 6.20. The summed E-state index contributed by atoms with van der Waals surface area (Å²) in [5.41, 5.74) is 34.7. The minimum atomic E-state index is -0.671. The molecule has 0 saturated carbocycles. The Hall–Kier alpha value is -10.7. The molecule has 0 aliphatic heterocycles. The van der Waals surface area contributed by atoms with Gasteiger partial charge in [-0.15, -0.1) is 0 Å². The van der Waals surface area contributed by atoms with Gasteiger partial charge in [0.05, 0.1) is 10.8 Å². The van der Waals surface area contributed by atoms with Crippen LogP contribution in [-0.2, 0) is 21.7 Å². The molecule has 15 aromatic rings. The highest BCUT2D eigenvalue weighted by Crippen LogP contribution is 2.70. The number of furan rings is 2. The number of hydrogen-bond acceptors (Lipinski definition) is 3. The van der Waals surface area contributed by atoms with Gasteiger partial charge in [-0.3, -0.25) is 0 Å². The standard InChI is InChI=1S/C87H59NO2/c1-84(2,3)51-35-37-52(38-36-51)88(53-40-42-60-71(45-53)85(4,5)75-47-63(50-21-7-6-8-22-50)83-82(79(60)75)62-28-14-20-34-77(62)90-83)54-39-41-59-64-48-74-65(49-73(64)87(72(59)46-54)68-31-17-11-25-57(68)58-26-12-18-32-69(58)87)80-70(43-44-78-81(80)61-27-13-19-33-76(61)89-78)86(74)66-29-15-9-23-55(66)56-24-10-16-30-67(56)86/h6-49H,1-5H3. The number of benzene rings is 13. The predicted molar refractivity (Wildman–Crippen MR) is 370 cm³/mol. The quantitative estimate of drug-likeness (QED) is 0.176. The summed E-state index contributed by atoms with van der Waals surface area (Å²) in [7, 11) is 0. The van der Waals surface area contributed by atoms with E-state index < -0.39 is 10.8 Å². The summed E-state index contributed by atoms with van der Waals surface area (Å²) in [4.78, 5) is 2.53. The van der Waals surface area contributed by atoms with E-state index in [-0.39, 0.29) is 10.8 Å². The van der Waals surface area contributed by atoms with E-state index in [0.29, 0.717) is 0 Å². The highest BCUT2D eigenvalue weighted by Gasteiger charge is 2.57. The Morgan fingerprint density at radius 1 is 0.300 bits per heavy atom. The van der Waals surface area contributed by atoms with E-state index >= 15 is 0 Å². The summed E-state index contributed by atoms with van der Waals surface area (Å²) in [6.45, 7) is 11.7. The van der Waals surface area contributed by atoms with Crippen LogP contribution < -0.4 is 4.90 Å². The topological polar surface area (TPSA) is 29.5 Å². The monoisotopic (exact) mass is 1150 g/mol. The van der Waals surface area contributed by atoms with Crippen LogP contribution in [0.5, 0.6) is 0 Å².